The molecule has 0 spiro atoms. The third kappa shape index (κ3) is 3.54. The lowest BCUT2D eigenvalue weighted by Crippen LogP contribution is -2.36. The second kappa shape index (κ2) is 5.99. The number of aromatic nitrogens is 2. The van der Waals surface area contributed by atoms with Crippen molar-refractivity contribution >= 4 is 5.91 Å². The number of nitrogens with zero attached hydrogens (tertiary/aromatic N) is 1. The normalized spacial score (nSPS) is 11.9. The van der Waals surface area contributed by atoms with E-state index < -0.39 is 11.9 Å². The number of benzene rings is 1. The zero-order valence-corrected chi connectivity index (χ0v) is 10.4. The zero-order chi connectivity index (χ0) is 13.7. The average molecular weight is 263 g/mol. The summed E-state index contributed by atoms with van der Waals surface area (Å²) in [6, 6.07) is 7.72. The number of hydrogen-bond acceptors (Lipinski definition) is 3. The van der Waals surface area contributed by atoms with Crippen LogP contribution in [0.2, 0.25) is 0 Å². The number of hydrogen-bond donors (Lipinski definition) is 2. The summed E-state index contributed by atoms with van der Waals surface area (Å²) in [7, 11) is 0. The molecule has 0 aliphatic carbocycles. The third-order valence-electron chi connectivity index (χ3n) is 2.52. The zero-order valence-electron chi connectivity index (χ0n) is 10.4. The highest BCUT2D eigenvalue weighted by Gasteiger charge is 2.16. The second-order valence-corrected chi connectivity index (χ2v) is 3.99. The van der Waals surface area contributed by atoms with Gasteiger partial charge in [-0.05, 0) is 25.1 Å². The monoisotopic (exact) mass is 263 g/mol. The van der Waals surface area contributed by atoms with Crippen LogP contribution in [0.1, 0.15) is 12.6 Å². The molecule has 1 heterocycles. The summed E-state index contributed by atoms with van der Waals surface area (Å²) in [5.74, 6) is -0.750. The van der Waals surface area contributed by atoms with Crippen molar-refractivity contribution in [3.05, 3.63) is 48.0 Å². The first-order chi connectivity index (χ1) is 9.16. The summed E-state index contributed by atoms with van der Waals surface area (Å²) >= 11 is 0. The van der Waals surface area contributed by atoms with E-state index in [9.17, 15) is 9.18 Å². The van der Waals surface area contributed by atoms with Gasteiger partial charge in [0.05, 0.1) is 12.2 Å². The first kappa shape index (κ1) is 13.1. The van der Waals surface area contributed by atoms with Gasteiger partial charge in [-0.1, -0.05) is 12.1 Å². The molecule has 5 nitrogen and oxygen atoms in total. The number of amides is 1. The highest BCUT2D eigenvalue weighted by Crippen LogP contribution is 2.16. The van der Waals surface area contributed by atoms with Crippen molar-refractivity contribution in [3.63, 3.8) is 0 Å². The minimum absolute atomic E-state index is 0.0618. The molecule has 0 fully saturated rings. The van der Waals surface area contributed by atoms with Crippen LogP contribution >= 0.6 is 0 Å². The molecule has 1 atom stereocenters. The highest BCUT2D eigenvalue weighted by atomic mass is 19.1. The van der Waals surface area contributed by atoms with Crippen LogP contribution in [0.4, 0.5) is 4.39 Å². The fourth-order valence-corrected chi connectivity index (χ4v) is 1.49. The number of nitrogens with one attached hydrogen (secondary N) is 2. The van der Waals surface area contributed by atoms with Crippen LogP contribution in [-0.2, 0) is 11.3 Å². The molecule has 2 rings (SSSR count). The minimum Gasteiger partial charge on any atom is -0.478 e. The van der Waals surface area contributed by atoms with Crippen molar-refractivity contribution in [2.24, 2.45) is 0 Å². The standard InChI is InChI=1S/C13H14FN3O2/c1-9(19-12-5-3-2-4-11(12)14)13(18)15-8-10-6-7-16-17-10/h2-7,9H,8H2,1H3,(H,15,18)(H,16,17). The van der Waals surface area contributed by atoms with Crippen LogP contribution in [0.15, 0.2) is 36.5 Å². The largest absolute Gasteiger partial charge is 0.478 e. The lowest BCUT2D eigenvalue weighted by molar-refractivity contribution is -0.127. The van der Waals surface area contributed by atoms with Crippen LogP contribution in [0.5, 0.6) is 5.75 Å². The Labute approximate surface area is 109 Å². The lowest BCUT2D eigenvalue weighted by atomic mass is 10.3. The summed E-state index contributed by atoms with van der Waals surface area (Å²) in [6.45, 7) is 1.89. The molecule has 0 aliphatic rings. The van der Waals surface area contributed by atoms with E-state index in [1.165, 1.54) is 12.1 Å². The fourth-order valence-electron chi connectivity index (χ4n) is 1.49. The number of para-hydroxylation sites is 1. The molecule has 1 unspecified atom stereocenters. The average Bonchev–Trinajstić information content (AvgIpc) is 2.91. The molecular weight excluding hydrogens is 249 g/mol. The molecule has 1 aromatic heterocycles. The number of carbonyl (C=O) groups is 1. The first-order valence-electron chi connectivity index (χ1n) is 5.84. The van der Waals surface area contributed by atoms with Gasteiger partial charge in [0.1, 0.15) is 0 Å². The van der Waals surface area contributed by atoms with Gasteiger partial charge in [-0.2, -0.15) is 5.10 Å². The van der Waals surface area contributed by atoms with Crippen molar-refractivity contribution in [2.75, 3.05) is 0 Å². The van der Waals surface area contributed by atoms with Crippen molar-refractivity contribution in [1.29, 1.82) is 0 Å². The third-order valence-corrected chi connectivity index (χ3v) is 2.52. The molecule has 0 saturated heterocycles. The Bertz CT molecular complexity index is 543. The van der Waals surface area contributed by atoms with Crippen molar-refractivity contribution in [1.82, 2.24) is 15.5 Å². The van der Waals surface area contributed by atoms with Gasteiger partial charge in [0.25, 0.3) is 5.91 Å². The van der Waals surface area contributed by atoms with Gasteiger partial charge in [-0.3, -0.25) is 9.89 Å². The quantitative estimate of drug-likeness (QED) is 0.861. The molecule has 1 aromatic carbocycles. The van der Waals surface area contributed by atoms with E-state index in [0.717, 1.165) is 5.69 Å². The van der Waals surface area contributed by atoms with E-state index in [0.29, 0.717) is 6.54 Å². The first-order valence-corrected chi connectivity index (χ1v) is 5.84. The van der Waals surface area contributed by atoms with Gasteiger partial charge in [-0.15, -0.1) is 0 Å². The molecule has 0 aliphatic heterocycles. The Hall–Kier alpha value is -2.37. The smallest absolute Gasteiger partial charge is 0.261 e. The van der Waals surface area contributed by atoms with Crippen LogP contribution < -0.4 is 10.1 Å². The topological polar surface area (TPSA) is 67.0 Å². The van der Waals surface area contributed by atoms with Gasteiger partial charge < -0.3 is 10.1 Å². The fraction of sp³-hybridized carbons (Fsp3) is 0.231. The van der Waals surface area contributed by atoms with Gasteiger partial charge in [0, 0.05) is 6.20 Å². The molecular formula is C13H14FN3O2. The number of carbonyl (C=O) groups excluding carboxylic acids is 1. The predicted octanol–water partition coefficient (Wildman–Crippen LogP) is 1.63. The van der Waals surface area contributed by atoms with E-state index in [1.807, 2.05) is 0 Å². The Morgan fingerprint density at radius 3 is 2.95 bits per heavy atom. The number of H-pyrrole nitrogens is 1. The van der Waals surface area contributed by atoms with E-state index in [1.54, 1.807) is 31.3 Å². The van der Waals surface area contributed by atoms with E-state index in [-0.39, 0.29) is 11.7 Å². The van der Waals surface area contributed by atoms with Gasteiger partial charge in [-0.25, -0.2) is 4.39 Å². The molecule has 0 radical (unpaired) electrons. The lowest BCUT2D eigenvalue weighted by Gasteiger charge is -2.14. The Balaban J connectivity index is 1.87. The summed E-state index contributed by atoms with van der Waals surface area (Å²) < 4.78 is 18.6. The molecule has 2 N–H and O–H groups in total. The predicted molar refractivity (Wildman–Crippen MR) is 66.9 cm³/mol. The van der Waals surface area contributed by atoms with Crippen LogP contribution in [0.25, 0.3) is 0 Å². The Morgan fingerprint density at radius 2 is 2.26 bits per heavy atom. The molecule has 100 valence electrons. The Kier molecular flexibility index (Phi) is 4.12. The maximum absolute atomic E-state index is 13.4. The molecule has 19 heavy (non-hydrogen) atoms. The summed E-state index contributed by atoms with van der Waals surface area (Å²) in [5.41, 5.74) is 0.784. The number of halogens is 1. The molecule has 0 bridgehead atoms. The molecule has 0 saturated carbocycles. The van der Waals surface area contributed by atoms with E-state index >= 15 is 0 Å². The number of ether oxygens (including phenoxy) is 1. The van der Waals surface area contributed by atoms with Crippen molar-refractivity contribution in [2.45, 2.75) is 19.6 Å². The van der Waals surface area contributed by atoms with E-state index in [4.69, 9.17) is 4.74 Å². The van der Waals surface area contributed by atoms with Gasteiger partial charge >= 0.3 is 0 Å². The summed E-state index contributed by atoms with van der Waals surface area (Å²) in [4.78, 5) is 11.8. The number of rotatable bonds is 5. The minimum atomic E-state index is -0.778. The maximum atomic E-state index is 13.4. The van der Waals surface area contributed by atoms with Gasteiger partial charge in [0.15, 0.2) is 17.7 Å². The highest BCUT2D eigenvalue weighted by molar-refractivity contribution is 5.80. The van der Waals surface area contributed by atoms with Gasteiger partial charge in [0.2, 0.25) is 0 Å². The number of aromatic amines is 1. The molecule has 6 heteroatoms. The van der Waals surface area contributed by atoms with Crippen molar-refractivity contribution in [3.8, 4) is 5.75 Å². The SMILES string of the molecule is CC(Oc1ccccc1F)C(=O)NCc1ccn[nH]1. The second-order valence-electron chi connectivity index (χ2n) is 3.99. The maximum Gasteiger partial charge on any atom is 0.261 e. The molecule has 1 amide bonds. The van der Waals surface area contributed by atoms with Crippen molar-refractivity contribution < 1.29 is 13.9 Å². The van der Waals surface area contributed by atoms with Crippen LogP contribution in [0, 0.1) is 5.82 Å². The van der Waals surface area contributed by atoms with E-state index in [2.05, 4.69) is 15.5 Å². The van der Waals surface area contributed by atoms with Crippen LogP contribution in [0.3, 0.4) is 0 Å². The summed E-state index contributed by atoms with van der Waals surface area (Å²) in [5, 5.41) is 9.16. The molecule has 2 aromatic rings. The summed E-state index contributed by atoms with van der Waals surface area (Å²) in [6.07, 6.45) is 0.820. The van der Waals surface area contributed by atoms with Crippen LogP contribution in [-0.4, -0.2) is 22.2 Å². The Morgan fingerprint density at radius 1 is 1.47 bits per heavy atom.